The maximum Gasteiger partial charge on any atom is 0.408 e. The largest absolute Gasteiger partial charge is 0.508 e. The van der Waals surface area contributed by atoms with Gasteiger partial charge in [-0.15, -0.1) is 6.58 Å². The summed E-state index contributed by atoms with van der Waals surface area (Å²) in [6.45, 7) is 14.7. The average Bonchev–Trinajstić information content (AvgIpc) is 0.834. The summed E-state index contributed by atoms with van der Waals surface area (Å²) in [4.78, 5) is 185. The van der Waals surface area contributed by atoms with Crippen LogP contribution in [0.2, 0.25) is 0 Å². The Morgan fingerprint density at radius 2 is 0.957 bits per heavy atom. The number of rotatable bonds is 47. The Hall–Kier alpha value is -7.65. The molecule has 0 aliphatic carbocycles. The average molecular weight is 1330 g/mol. The highest BCUT2D eigenvalue weighted by Crippen LogP contribution is 2.15. The van der Waals surface area contributed by atoms with Gasteiger partial charge in [0.15, 0.2) is 65.3 Å². The molecule has 0 saturated carbocycles. The number of aldehydes is 1. The van der Waals surface area contributed by atoms with Gasteiger partial charge in [-0.25, -0.2) is 4.79 Å². The van der Waals surface area contributed by atoms with Gasteiger partial charge >= 0.3 is 6.09 Å². The van der Waals surface area contributed by atoms with Crippen molar-refractivity contribution in [2.24, 2.45) is 69.2 Å². The molecule has 530 valence electrons. The summed E-state index contributed by atoms with van der Waals surface area (Å²) in [7, 11) is 0. The van der Waals surface area contributed by atoms with Crippen molar-refractivity contribution in [2.45, 2.75) is 203 Å². The molecular weight excluding hydrogens is 1230 g/mol. The van der Waals surface area contributed by atoms with Gasteiger partial charge in [0.2, 0.25) is 5.91 Å². The molecule has 0 saturated heterocycles. The van der Waals surface area contributed by atoms with Gasteiger partial charge in [0, 0.05) is 6.54 Å². The number of nitrogens with one attached hydrogen (secondary N) is 10. The minimum atomic E-state index is -2.62. The first-order valence-corrected chi connectivity index (χ1v) is 31.0. The predicted molar refractivity (Wildman–Crippen MR) is 346 cm³/mol. The van der Waals surface area contributed by atoms with Crippen LogP contribution in [0.25, 0.3) is 0 Å². The molecule has 0 radical (unpaired) electrons. The van der Waals surface area contributed by atoms with Crippen molar-refractivity contribution in [3.05, 3.63) is 42.5 Å². The molecule has 0 fully saturated rings. The highest BCUT2D eigenvalue weighted by atomic mass is 16.6. The molecular formula is C59H104N20O15. The molecule has 31 N–H and O–H groups in total. The number of hydrogen-bond acceptors (Lipinski definition) is 28. The van der Waals surface area contributed by atoms with Gasteiger partial charge in [-0.2, -0.15) is 0 Å². The van der Waals surface area contributed by atoms with Crippen molar-refractivity contribution < 1.29 is 72.2 Å². The van der Waals surface area contributed by atoms with Gasteiger partial charge in [-0.05, 0) is 128 Å². The summed E-state index contributed by atoms with van der Waals surface area (Å²) in [5, 5.41) is 33.4. The van der Waals surface area contributed by atoms with Gasteiger partial charge in [0.05, 0.1) is 36.3 Å². The molecule has 1 aromatic carbocycles. The summed E-state index contributed by atoms with van der Waals surface area (Å²) >= 11 is 0. The van der Waals surface area contributed by atoms with Gasteiger partial charge in [0.1, 0.15) is 30.2 Å². The minimum Gasteiger partial charge on any atom is -0.508 e. The molecule has 12 atom stereocenters. The zero-order chi connectivity index (χ0) is 71.7. The van der Waals surface area contributed by atoms with Crippen LogP contribution < -0.4 is 111 Å². The number of amides is 7. The maximum atomic E-state index is 15.1. The van der Waals surface area contributed by atoms with Crippen molar-refractivity contribution in [2.75, 3.05) is 26.2 Å². The normalized spacial score (nSPS) is 15.5. The lowest BCUT2D eigenvalue weighted by molar-refractivity contribution is -0.143. The Morgan fingerprint density at radius 3 is 1.37 bits per heavy atom. The van der Waals surface area contributed by atoms with Crippen molar-refractivity contribution in [1.82, 2.24) is 53.2 Å². The lowest BCUT2D eigenvalue weighted by atomic mass is 9.94. The summed E-state index contributed by atoms with van der Waals surface area (Å²) < 4.78 is 5.29. The molecule has 0 spiro atoms. The van der Waals surface area contributed by atoms with E-state index in [0.717, 1.165) is 0 Å². The number of carbonyl (C=O) groups is 13. The zero-order valence-electron chi connectivity index (χ0n) is 54.7. The van der Waals surface area contributed by atoms with Crippen LogP contribution in [-0.2, 0) is 68.7 Å². The highest BCUT2D eigenvalue weighted by Gasteiger charge is 2.44. The molecule has 0 aliphatic heterocycles. The van der Waals surface area contributed by atoms with Crippen LogP contribution in [0, 0.1) is 11.8 Å². The number of Topliss-reactive ketones (excluding diaryl/α,β-unsaturated/α-hetero) is 5. The maximum absolute atomic E-state index is 15.1. The van der Waals surface area contributed by atoms with E-state index in [2.05, 4.69) is 59.7 Å². The first-order valence-electron chi connectivity index (χ1n) is 31.0. The molecule has 6 unspecified atom stereocenters. The molecule has 1 rings (SSSR count). The molecule has 1 aromatic rings. The highest BCUT2D eigenvalue weighted by molar-refractivity contribution is 6.18. The number of aromatic hydroxyl groups is 1. The van der Waals surface area contributed by atoms with Gasteiger partial charge in [0.25, 0.3) is 29.5 Å². The zero-order valence-corrected chi connectivity index (χ0v) is 54.7. The molecule has 94 heavy (non-hydrogen) atoms. The molecule has 0 bridgehead atoms. The van der Waals surface area contributed by atoms with Crippen LogP contribution in [0.1, 0.15) is 112 Å². The number of carbonyl (C=O) groups excluding carboxylic acids is 13. The Labute approximate surface area is 547 Å². The first-order chi connectivity index (χ1) is 43.9. The van der Waals surface area contributed by atoms with E-state index >= 15 is 9.59 Å². The quantitative estimate of drug-likeness (QED) is 0.00948. The lowest BCUT2D eigenvalue weighted by Crippen LogP contribution is -2.68. The molecule has 0 aromatic heterocycles. The summed E-state index contributed by atoms with van der Waals surface area (Å²) in [5.74, 6) is -16.3. The van der Waals surface area contributed by atoms with Crippen LogP contribution in [0.4, 0.5) is 4.79 Å². The number of ether oxygens (including phenoxy) is 1. The monoisotopic (exact) mass is 1330 g/mol. The number of phenols is 1. The molecule has 35 heteroatoms. The third-order valence-corrected chi connectivity index (χ3v) is 14.0. The number of alkyl carbamates (subject to hydrolysis) is 1. The number of phenolic OH excluding ortho intramolecular Hbond substituents is 1. The van der Waals surface area contributed by atoms with Crippen LogP contribution >= 0.6 is 0 Å². The number of nitrogens with two attached hydrogens (primary N) is 10. The van der Waals surface area contributed by atoms with Crippen LogP contribution in [0.15, 0.2) is 36.9 Å². The summed E-state index contributed by atoms with van der Waals surface area (Å²) in [5.41, 5.74) is 58.5. The number of hydrogen-bond donors (Lipinski definition) is 21. The van der Waals surface area contributed by atoms with Crippen LogP contribution in [-0.4, -0.2) is 199 Å². The second-order valence-electron chi connectivity index (χ2n) is 24.3. The fourth-order valence-corrected chi connectivity index (χ4v) is 8.83. The molecule has 0 heterocycles. The molecule has 7 amide bonds. The Bertz CT molecular complexity index is 2700. The van der Waals surface area contributed by atoms with Gasteiger partial charge < -0.3 is 109 Å². The van der Waals surface area contributed by atoms with Crippen LogP contribution in [0.3, 0.4) is 0 Å². The Balaban J connectivity index is 4.32. The van der Waals surface area contributed by atoms with E-state index < -0.39 is 174 Å². The second kappa shape index (κ2) is 42.6. The van der Waals surface area contributed by atoms with E-state index in [1.165, 1.54) is 65.0 Å². The fraction of sp³-hybridized carbons (Fsp3) is 0.644. The smallest absolute Gasteiger partial charge is 0.408 e. The van der Waals surface area contributed by atoms with Gasteiger partial charge in [-0.3, -0.25) is 68.7 Å². The topological polar surface area (TPSA) is 632 Å². The second-order valence-corrected chi connectivity index (χ2v) is 24.3. The van der Waals surface area contributed by atoms with E-state index in [4.69, 9.17) is 62.1 Å². The summed E-state index contributed by atoms with van der Waals surface area (Å²) in [6.07, 6.45) is -3.46. The third kappa shape index (κ3) is 31.1. The van der Waals surface area contributed by atoms with Gasteiger partial charge in [-0.1, -0.05) is 52.3 Å². The van der Waals surface area contributed by atoms with Crippen LogP contribution in [0.5, 0.6) is 5.75 Å². The SMILES string of the molecule is C=CCCNC(=O)C(NC(=O)C(NC(=O)C(NC(=O)C(NC(=O)C(NC(=O)C(NC(=O)OC(C)(C)C)C(=O)[C@@H](N)CCCCN)C(=O)[C@@H](N)C(C)C)N[C@H](C=O)CC(C)C)C(=O)[C@@H](N)Cc1ccc(O)cc1)C(=O)[C@@H](N)CCCNC(N)N)C(=O)[C@@H](N)CCCNC(N)N. The molecule has 35 nitrogen and oxygen atoms in total. The number of ketones is 5. The predicted octanol–water partition coefficient (Wildman–Crippen LogP) is -7.49. The molecule has 0 aliphatic rings. The van der Waals surface area contributed by atoms with E-state index in [1.807, 2.05) is 0 Å². The Kier molecular flexibility index (Phi) is 38.3. The van der Waals surface area contributed by atoms with E-state index in [9.17, 15) is 57.8 Å². The third-order valence-electron chi connectivity index (χ3n) is 14.0. The van der Waals surface area contributed by atoms with Crippen molar-refractivity contribution in [1.29, 1.82) is 0 Å². The standard InChI is InChI=1S/C59H104N20O15/c1-9-10-23-70-50(87)39(44(82)35(62)16-13-24-71-56(66)67)74-51(88)40(45(83)36(63)17-14-25-72-57(68)69)75-52(89)41(47(85)37(64)27-31-18-20-33(81)21-19-31)77-55(92)49(73-32(28-80)26-29(2)3)79-54(91)43(48(86)38(65)30(4)5)76-53(90)42(78-58(93)94-59(6,7)8)46(84)34(61)15-11-12-22-60/h9,18-21,28-30,32,34-43,49,56-57,71-73,81H,1,10-17,22-27,60-69H2,2-8H3,(H,70,87)(H,74,88)(H,75,89)(H,76,90)(H,77,92)(H,78,93)(H,79,91)/t32-,34-,35-,36-,37-,38-,39?,40?,41?,42?,43?,49?/m0/s1. The number of unbranched alkanes of at least 4 members (excludes halogenated alkanes) is 1. The lowest BCUT2D eigenvalue weighted by Gasteiger charge is -2.30. The van der Waals surface area contributed by atoms with Crippen molar-refractivity contribution in [3.63, 3.8) is 0 Å². The van der Waals surface area contributed by atoms with E-state index in [1.54, 1.807) is 13.8 Å². The Morgan fingerprint density at radius 1 is 0.543 bits per heavy atom. The first kappa shape index (κ1) is 84.4. The van der Waals surface area contributed by atoms with E-state index in [0.29, 0.717) is 19.1 Å². The van der Waals surface area contributed by atoms with Crippen molar-refractivity contribution >= 4 is 76.7 Å². The summed E-state index contributed by atoms with van der Waals surface area (Å²) in [6, 6.07) is -16.0. The number of benzene rings is 1. The van der Waals surface area contributed by atoms with Crippen molar-refractivity contribution in [3.8, 4) is 5.75 Å². The fourth-order valence-electron chi connectivity index (χ4n) is 8.83. The minimum absolute atomic E-state index is 0.0319. The van der Waals surface area contributed by atoms with E-state index in [-0.39, 0.29) is 88.4 Å².